The first kappa shape index (κ1) is 24.3. The number of amides is 1. The molecule has 4 aromatic heterocycles. The average Bonchev–Trinajstić information content (AvgIpc) is 3.42. The topological polar surface area (TPSA) is 114 Å². The van der Waals surface area contributed by atoms with Crippen molar-refractivity contribution in [1.82, 2.24) is 34.4 Å². The molecule has 1 saturated heterocycles. The number of benzene rings is 1. The summed E-state index contributed by atoms with van der Waals surface area (Å²) in [6.07, 6.45) is 6.21. The lowest BCUT2D eigenvalue weighted by Gasteiger charge is -2.40. The minimum absolute atomic E-state index is 0.0448. The van der Waals surface area contributed by atoms with Crippen molar-refractivity contribution in [2.45, 2.75) is 19.9 Å². The number of ether oxygens (including phenoxy) is 1. The number of aromatic nitrogens is 6. The molecule has 0 radical (unpaired) electrons. The lowest BCUT2D eigenvalue weighted by atomic mass is 10.2. The SMILES string of the molecule is C=CC(=O)N1CCN(c2ccc3ncnc(Nc4ccc(Oc5ccn6ncnc6c5)c(C)c4)c3n2)C[C@H]1C. The lowest BCUT2D eigenvalue weighted by molar-refractivity contribution is -0.128. The van der Waals surface area contributed by atoms with E-state index in [4.69, 9.17) is 9.72 Å². The van der Waals surface area contributed by atoms with Crippen molar-refractivity contribution < 1.29 is 9.53 Å². The van der Waals surface area contributed by atoms with E-state index in [0.717, 1.165) is 28.3 Å². The first-order valence-electron chi connectivity index (χ1n) is 12.6. The standard InChI is InChI=1S/C28H27N9O2/c1-4-26(38)36-12-11-35(15-19(36)3)24-8-6-22-27(34-24)28(31-16-29-22)33-20-5-7-23(18(2)13-20)39-21-9-10-37-25(14-21)30-17-32-37/h4-10,13-14,16-17,19H,1,11-12,15H2,2-3H3,(H,29,31,33)/t19-/m1/s1. The van der Waals surface area contributed by atoms with E-state index < -0.39 is 0 Å². The zero-order valence-corrected chi connectivity index (χ0v) is 21.7. The van der Waals surface area contributed by atoms with Gasteiger partial charge in [0.2, 0.25) is 5.91 Å². The van der Waals surface area contributed by atoms with E-state index in [0.29, 0.717) is 42.4 Å². The molecule has 1 aliphatic heterocycles. The third kappa shape index (κ3) is 4.81. The van der Waals surface area contributed by atoms with Crippen molar-refractivity contribution >= 4 is 39.9 Å². The molecular weight excluding hydrogens is 494 g/mol. The molecule has 1 aliphatic rings. The largest absolute Gasteiger partial charge is 0.457 e. The smallest absolute Gasteiger partial charge is 0.246 e. The number of nitrogens with zero attached hydrogens (tertiary/aromatic N) is 8. The summed E-state index contributed by atoms with van der Waals surface area (Å²) in [5.74, 6) is 2.81. The van der Waals surface area contributed by atoms with Gasteiger partial charge in [0.15, 0.2) is 11.5 Å². The first-order chi connectivity index (χ1) is 19.0. The van der Waals surface area contributed by atoms with E-state index in [-0.39, 0.29) is 11.9 Å². The number of aryl methyl sites for hydroxylation is 1. The second kappa shape index (κ2) is 10.0. The Hall–Kier alpha value is -5.06. The number of carbonyl (C=O) groups is 1. The Bertz CT molecular complexity index is 1700. The molecule has 0 aliphatic carbocycles. The highest BCUT2D eigenvalue weighted by atomic mass is 16.5. The Labute approximate surface area is 224 Å². The molecular formula is C28H27N9O2. The zero-order chi connectivity index (χ0) is 26.9. The molecule has 5 heterocycles. The molecule has 5 aromatic rings. The van der Waals surface area contributed by atoms with Crippen LogP contribution in [0.4, 0.5) is 17.3 Å². The van der Waals surface area contributed by atoms with Gasteiger partial charge in [-0.2, -0.15) is 5.10 Å². The van der Waals surface area contributed by atoms with Crippen LogP contribution in [0.2, 0.25) is 0 Å². The van der Waals surface area contributed by atoms with Gasteiger partial charge in [-0.25, -0.2) is 24.5 Å². The summed E-state index contributed by atoms with van der Waals surface area (Å²) < 4.78 is 7.78. The maximum absolute atomic E-state index is 12.1. The van der Waals surface area contributed by atoms with Crippen LogP contribution in [0.5, 0.6) is 11.5 Å². The second-order valence-corrected chi connectivity index (χ2v) is 9.42. The predicted molar refractivity (Wildman–Crippen MR) is 148 cm³/mol. The van der Waals surface area contributed by atoms with Crippen LogP contribution in [0.3, 0.4) is 0 Å². The van der Waals surface area contributed by atoms with Crippen molar-refractivity contribution in [3.63, 3.8) is 0 Å². The molecule has 0 bridgehead atoms. The molecule has 1 fully saturated rings. The van der Waals surface area contributed by atoms with Gasteiger partial charge in [-0.05, 0) is 61.9 Å². The number of fused-ring (bicyclic) bond motifs is 2. The van der Waals surface area contributed by atoms with Gasteiger partial charge in [0, 0.05) is 43.6 Å². The van der Waals surface area contributed by atoms with Crippen LogP contribution < -0.4 is 15.0 Å². The molecule has 1 N–H and O–H groups in total. The first-order valence-corrected chi connectivity index (χ1v) is 12.6. The summed E-state index contributed by atoms with van der Waals surface area (Å²) >= 11 is 0. The maximum Gasteiger partial charge on any atom is 0.246 e. The Balaban J connectivity index is 1.22. The van der Waals surface area contributed by atoms with Crippen molar-refractivity contribution in [2.75, 3.05) is 29.9 Å². The van der Waals surface area contributed by atoms with Crippen LogP contribution in [-0.4, -0.2) is 66.0 Å². The fourth-order valence-corrected chi connectivity index (χ4v) is 4.77. The van der Waals surface area contributed by atoms with E-state index in [1.165, 1.54) is 18.7 Å². The molecule has 0 spiro atoms. The number of carbonyl (C=O) groups excluding carboxylic acids is 1. The van der Waals surface area contributed by atoms with Gasteiger partial charge in [-0.3, -0.25) is 4.79 Å². The Morgan fingerprint density at radius 3 is 2.82 bits per heavy atom. The van der Waals surface area contributed by atoms with E-state index in [9.17, 15) is 4.79 Å². The monoisotopic (exact) mass is 521 g/mol. The van der Waals surface area contributed by atoms with Crippen LogP contribution in [0.15, 0.2) is 74.0 Å². The Kier molecular flexibility index (Phi) is 6.23. The van der Waals surface area contributed by atoms with E-state index in [1.807, 2.05) is 67.4 Å². The van der Waals surface area contributed by atoms with Gasteiger partial charge in [0.05, 0.1) is 5.52 Å². The maximum atomic E-state index is 12.1. The molecule has 196 valence electrons. The number of piperazine rings is 1. The number of pyridine rings is 2. The Morgan fingerprint density at radius 2 is 2.00 bits per heavy atom. The molecule has 0 saturated carbocycles. The van der Waals surface area contributed by atoms with Gasteiger partial charge in [-0.1, -0.05) is 6.58 Å². The van der Waals surface area contributed by atoms with Crippen molar-refractivity contribution in [3.05, 3.63) is 79.5 Å². The van der Waals surface area contributed by atoms with Crippen LogP contribution in [0.25, 0.3) is 16.7 Å². The highest BCUT2D eigenvalue weighted by Crippen LogP contribution is 2.30. The lowest BCUT2D eigenvalue weighted by Crippen LogP contribution is -2.53. The molecule has 11 nitrogen and oxygen atoms in total. The van der Waals surface area contributed by atoms with Crippen LogP contribution in [0.1, 0.15) is 12.5 Å². The fraction of sp³-hybridized carbons (Fsp3) is 0.214. The summed E-state index contributed by atoms with van der Waals surface area (Å²) in [7, 11) is 0. The van der Waals surface area contributed by atoms with Gasteiger partial charge >= 0.3 is 0 Å². The third-order valence-electron chi connectivity index (χ3n) is 6.79. The number of hydrogen-bond acceptors (Lipinski definition) is 9. The highest BCUT2D eigenvalue weighted by molar-refractivity contribution is 5.89. The normalized spacial score (nSPS) is 15.5. The molecule has 39 heavy (non-hydrogen) atoms. The van der Waals surface area contributed by atoms with Gasteiger partial charge < -0.3 is 19.9 Å². The van der Waals surface area contributed by atoms with Crippen LogP contribution in [-0.2, 0) is 4.79 Å². The molecule has 11 heteroatoms. The average molecular weight is 522 g/mol. The Morgan fingerprint density at radius 1 is 1.10 bits per heavy atom. The van der Waals surface area contributed by atoms with Crippen molar-refractivity contribution in [2.24, 2.45) is 0 Å². The minimum Gasteiger partial charge on any atom is -0.457 e. The summed E-state index contributed by atoms with van der Waals surface area (Å²) in [4.78, 5) is 34.1. The summed E-state index contributed by atoms with van der Waals surface area (Å²) in [6.45, 7) is 9.61. The summed E-state index contributed by atoms with van der Waals surface area (Å²) in [5.41, 5.74) is 3.93. The van der Waals surface area contributed by atoms with Crippen LogP contribution in [0, 0.1) is 6.92 Å². The molecule has 6 rings (SSSR count). The second-order valence-electron chi connectivity index (χ2n) is 9.42. The highest BCUT2D eigenvalue weighted by Gasteiger charge is 2.27. The van der Waals surface area contributed by atoms with E-state index >= 15 is 0 Å². The van der Waals surface area contributed by atoms with E-state index in [1.54, 1.807) is 4.52 Å². The van der Waals surface area contributed by atoms with Gasteiger partial charge in [0.25, 0.3) is 0 Å². The van der Waals surface area contributed by atoms with Gasteiger partial charge in [-0.15, -0.1) is 0 Å². The summed E-state index contributed by atoms with van der Waals surface area (Å²) in [6, 6.07) is 13.5. The molecule has 1 aromatic carbocycles. The number of rotatable bonds is 6. The molecule has 1 atom stereocenters. The number of nitrogens with one attached hydrogen (secondary N) is 1. The zero-order valence-electron chi connectivity index (χ0n) is 21.7. The fourth-order valence-electron chi connectivity index (χ4n) is 4.77. The molecule has 1 amide bonds. The minimum atomic E-state index is -0.0448. The van der Waals surface area contributed by atoms with Crippen molar-refractivity contribution in [1.29, 1.82) is 0 Å². The van der Waals surface area contributed by atoms with Gasteiger partial charge in [0.1, 0.15) is 35.5 Å². The number of hydrogen-bond donors (Lipinski definition) is 1. The van der Waals surface area contributed by atoms with Crippen molar-refractivity contribution in [3.8, 4) is 11.5 Å². The molecule has 0 unspecified atom stereocenters. The number of anilines is 3. The quantitative estimate of drug-likeness (QED) is 0.329. The predicted octanol–water partition coefficient (Wildman–Crippen LogP) is 4.13. The summed E-state index contributed by atoms with van der Waals surface area (Å²) in [5, 5.41) is 7.51. The van der Waals surface area contributed by atoms with E-state index in [2.05, 4.69) is 36.8 Å². The third-order valence-corrected chi connectivity index (χ3v) is 6.79. The van der Waals surface area contributed by atoms with Crippen LogP contribution >= 0.6 is 0 Å².